The van der Waals surface area contributed by atoms with Crippen LogP contribution in [-0.2, 0) is 6.18 Å². The van der Waals surface area contributed by atoms with Crippen LogP contribution in [-0.4, -0.2) is 27.8 Å². The summed E-state index contributed by atoms with van der Waals surface area (Å²) >= 11 is 0. The Kier molecular flexibility index (Phi) is 3.64. The van der Waals surface area contributed by atoms with Gasteiger partial charge < -0.3 is 4.74 Å². The highest BCUT2D eigenvalue weighted by atomic mass is 19.4. The van der Waals surface area contributed by atoms with Crippen molar-refractivity contribution in [2.45, 2.75) is 6.18 Å². The molecule has 2 heterocycles. The van der Waals surface area contributed by atoms with E-state index in [1.165, 1.54) is 19.5 Å². The van der Waals surface area contributed by atoms with Gasteiger partial charge in [-0.05, 0) is 12.1 Å². The second-order valence-corrected chi connectivity index (χ2v) is 3.67. The maximum Gasteiger partial charge on any atom is 0.417 e. The number of rotatable bonds is 3. The van der Waals surface area contributed by atoms with Gasteiger partial charge in [-0.3, -0.25) is 9.78 Å². The standard InChI is InChI=1S/C12H8F3N3O2/c1-20-11-9(16-4-5-17-11)10(19)8-3-2-7(6-18-8)12(13,14)15/h2-6H,1H3. The third-order valence-electron chi connectivity index (χ3n) is 2.40. The molecule has 5 nitrogen and oxygen atoms in total. The van der Waals surface area contributed by atoms with Crippen molar-refractivity contribution in [3.63, 3.8) is 0 Å². The average molecular weight is 283 g/mol. The smallest absolute Gasteiger partial charge is 0.417 e. The normalized spacial score (nSPS) is 11.2. The first-order valence-electron chi connectivity index (χ1n) is 5.36. The van der Waals surface area contributed by atoms with Crippen molar-refractivity contribution in [3.05, 3.63) is 47.7 Å². The maximum absolute atomic E-state index is 12.4. The van der Waals surface area contributed by atoms with Crippen molar-refractivity contribution in [1.29, 1.82) is 0 Å². The van der Waals surface area contributed by atoms with Crippen LogP contribution < -0.4 is 4.74 Å². The van der Waals surface area contributed by atoms with Crippen LogP contribution in [0.25, 0.3) is 0 Å². The zero-order valence-electron chi connectivity index (χ0n) is 10.2. The Morgan fingerprint density at radius 3 is 2.40 bits per heavy atom. The number of alkyl halides is 3. The number of carbonyl (C=O) groups is 1. The molecule has 8 heteroatoms. The fourth-order valence-electron chi connectivity index (χ4n) is 1.45. The summed E-state index contributed by atoms with van der Waals surface area (Å²) in [6.45, 7) is 0. The molecule has 2 rings (SSSR count). The Hall–Kier alpha value is -2.51. The van der Waals surface area contributed by atoms with Gasteiger partial charge in [0, 0.05) is 18.6 Å². The van der Waals surface area contributed by atoms with Crippen molar-refractivity contribution in [3.8, 4) is 5.88 Å². The summed E-state index contributed by atoms with van der Waals surface area (Å²) in [5, 5.41) is 0. The molecule has 0 spiro atoms. The number of nitrogens with zero attached hydrogens (tertiary/aromatic N) is 3. The second-order valence-electron chi connectivity index (χ2n) is 3.67. The van der Waals surface area contributed by atoms with E-state index in [-0.39, 0.29) is 17.3 Å². The van der Waals surface area contributed by atoms with E-state index in [0.717, 1.165) is 12.1 Å². The highest BCUT2D eigenvalue weighted by Crippen LogP contribution is 2.28. The topological polar surface area (TPSA) is 65.0 Å². The highest BCUT2D eigenvalue weighted by Gasteiger charge is 2.31. The number of pyridine rings is 1. The summed E-state index contributed by atoms with van der Waals surface area (Å²) in [5.41, 5.74) is -1.21. The van der Waals surface area contributed by atoms with Crippen LogP contribution in [0.5, 0.6) is 5.88 Å². The lowest BCUT2D eigenvalue weighted by Gasteiger charge is -2.07. The van der Waals surface area contributed by atoms with Crippen molar-refractivity contribution in [2.75, 3.05) is 7.11 Å². The van der Waals surface area contributed by atoms with Crippen molar-refractivity contribution in [2.24, 2.45) is 0 Å². The van der Waals surface area contributed by atoms with Crippen LogP contribution >= 0.6 is 0 Å². The third kappa shape index (κ3) is 2.73. The number of hydrogen-bond acceptors (Lipinski definition) is 5. The van der Waals surface area contributed by atoms with Gasteiger partial charge in [0.25, 0.3) is 0 Å². The SMILES string of the molecule is COc1nccnc1C(=O)c1ccc(C(F)(F)F)cn1. The monoisotopic (exact) mass is 283 g/mol. The zero-order valence-corrected chi connectivity index (χ0v) is 10.2. The molecule has 0 aromatic carbocycles. The fourth-order valence-corrected chi connectivity index (χ4v) is 1.45. The predicted octanol–water partition coefficient (Wildman–Crippen LogP) is 2.13. The summed E-state index contributed by atoms with van der Waals surface area (Å²) in [5.74, 6) is -0.678. The summed E-state index contributed by atoms with van der Waals surface area (Å²) in [6.07, 6.45) is -1.30. The van der Waals surface area contributed by atoms with Crippen molar-refractivity contribution < 1.29 is 22.7 Å². The van der Waals surface area contributed by atoms with E-state index in [9.17, 15) is 18.0 Å². The molecule has 0 bridgehead atoms. The molecule has 0 unspecified atom stereocenters. The van der Waals surface area contributed by atoms with Crippen molar-refractivity contribution in [1.82, 2.24) is 15.0 Å². The lowest BCUT2D eigenvalue weighted by molar-refractivity contribution is -0.137. The van der Waals surface area contributed by atoms with Crippen LogP contribution in [0.3, 0.4) is 0 Å². The lowest BCUT2D eigenvalue weighted by atomic mass is 10.1. The Labute approximate surface area is 111 Å². The average Bonchev–Trinajstić information content (AvgIpc) is 2.45. The Morgan fingerprint density at radius 1 is 1.15 bits per heavy atom. The van der Waals surface area contributed by atoms with Gasteiger partial charge in [-0.15, -0.1) is 0 Å². The Balaban J connectivity index is 2.34. The second kappa shape index (κ2) is 5.24. The molecular weight excluding hydrogens is 275 g/mol. The van der Waals surface area contributed by atoms with Crippen LogP contribution in [0, 0.1) is 0 Å². The molecule has 2 aromatic heterocycles. The number of carbonyl (C=O) groups excluding carboxylic acids is 1. The van der Waals surface area contributed by atoms with Gasteiger partial charge in [0.1, 0.15) is 5.69 Å². The molecule has 0 atom stereocenters. The number of ether oxygens (including phenoxy) is 1. The summed E-state index contributed by atoms with van der Waals surface area (Å²) < 4.78 is 42.0. The maximum atomic E-state index is 12.4. The largest absolute Gasteiger partial charge is 0.479 e. The number of aromatic nitrogens is 3. The molecule has 0 saturated heterocycles. The fraction of sp³-hybridized carbons (Fsp3) is 0.167. The highest BCUT2D eigenvalue weighted by molar-refractivity contribution is 6.07. The first-order valence-corrected chi connectivity index (χ1v) is 5.36. The van der Waals surface area contributed by atoms with E-state index < -0.39 is 17.5 Å². The first-order chi connectivity index (χ1) is 9.43. The minimum atomic E-state index is -4.50. The summed E-state index contributed by atoms with van der Waals surface area (Å²) in [6, 6.07) is 1.77. The van der Waals surface area contributed by atoms with E-state index in [0.29, 0.717) is 6.20 Å². The molecule has 0 aliphatic carbocycles. The molecule has 0 fully saturated rings. The molecule has 0 aliphatic heterocycles. The molecule has 0 aliphatic rings. The Bertz CT molecular complexity index is 627. The molecule has 0 radical (unpaired) electrons. The van der Waals surface area contributed by atoms with Crippen molar-refractivity contribution >= 4 is 5.78 Å². The van der Waals surface area contributed by atoms with Gasteiger partial charge in [-0.2, -0.15) is 13.2 Å². The van der Waals surface area contributed by atoms with Gasteiger partial charge >= 0.3 is 6.18 Å². The van der Waals surface area contributed by atoms with Crippen LogP contribution in [0.2, 0.25) is 0 Å². The quantitative estimate of drug-likeness (QED) is 0.807. The van der Waals surface area contributed by atoms with Crippen LogP contribution in [0.4, 0.5) is 13.2 Å². The van der Waals surface area contributed by atoms with E-state index in [2.05, 4.69) is 15.0 Å². The summed E-state index contributed by atoms with van der Waals surface area (Å²) in [4.78, 5) is 23.1. The predicted molar refractivity (Wildman–Crippen MR) is 61.3 cm³/mol. The number of halogens is 3. The van der Waals surface area contributed by atoms with E-state index in [1.807, 2.05) is 0 Å². The zero-order chi connectivity index (χ0) is 14.8. The minimum absolute atomic E-state index is 0.0146. The first kappa shape index (κ1) is 13.9. The molecule has 0 saturated carbocycles. The van der Waals surface area contributed by atoms with Gasteiger partial charge in [-0.25, -0.2) is 9.97 Å². The molecule has 104 valence electrons. The number of ketones is 1. The minimum Gasteiger partial charge on any atom is -0.479 e. The van der Waals surface area contributed by atoms with E-state index in [1.54, 1.807) is 0 Å². The van der Waals surface area contributed by atoms with Gasteiger partial charge in [-0.1, -0.05) is 0 Å². The van der Waals surface area contributed by atoms with Gasteiger partial charge in [0.05, 0.1) is 12.7 Å². The molecule has 20 heavy (non-hydrogen) atoms. The van der Waals surface area contributed by atoms with E-state index in [4.69, 9.17) is 4.74 Å². The van der Waals surface area contributed by atoms with Gasteiger partial charge in [0.2, 0.25) is 11.7 Å². The molecule has 0 N–H and O–H groups in total. The molecule has 2 aromatic rings. The molecular formula is C12H8F3N3O2. The third-order valence-corrected chi connectivity index (χ3v) is 2.40. The summed E-state index contributed by atoms with van der Waals surface area (Å²) in [7, 11) is 1.31. The van der Waals surface area contributed by atoms with Crippen LogP contribution in [0.1, 0.15) is 21.7 Å². The molecule has 0 amide bonds. The lowest BCUT2D eigenvalue weighted by Crippen LogP contribution is -2.11. The van der Waals surface area contributed by atoms with E-state index >= 15 is 0 Å². The van der Waals surface area contributed by atoms with Crippen LogP contribution in [0.15, 0.2) is 30.7 Å². The van der Waals surface area contributed by atoms with Gasteiger partial charge in [0.15, 0.2) is 5.69 Å². The number of hydrogen-bond donors (Lipinski definition) is 0. The Morgan fingerprint density at radius 2 is 1.85 bits per heavy atom. The number of methoxy groups -OCH3 is 1.